The summed E-state index contributed by atoms with van der Waals surface area (Å²) >= 11 is 0. The maximum Gasteiger partial charge on any atom is 0.241 e. The van der Waals surface area contributed by atoms with Gasteiger partial charge < -0.3 is 11.1 Å². The van der Waals surface area contributed by atoms with E-state index in [2.05, 4.69) is 10.0 Å². The van der Waals surface area contributed by atoms with Gasteiger partial charge in [0.25, 0.3) is 0 Å². The van der Waals surface area contributed by atoms with Crippen molar-refractivity contribution < 1.29 is 13.2 Å². The number of amides is 1. The van der Waals surface area contributed by atoms with E-state index in [0.29, 0.717) is 18.4 Å². The fraction of sp³-hybridized carbons (Fsp3) is 0.533. The Kier molecular flexibility index (Phi) is 5.85. The quantitative estimate of drug-likeness (QED) is 0.735. The van der Waals surface area contributed by atoms with Crippen LogP contribution < -0.4 is 15.8 Å². The molecule has 0 saturated heterocycles. The molecule has 8 heteroatoms. The number of hydrogen-bond acceptors (Lipinski definition) is 4. The van der Waals surface area contributed by atoms with Crippen LogP contribution in [0.1, 0.15) is 39.2 Å². The molecule has 0 bridgehead atoms. The van der Waals surface area contributed by atoms with Crippen molar-refractivity contribution in [2.24, 2.45) is 5.73 Å². The first-order valence-electron chi connectivity index (χ1n) is 7.23. The van der Waals surface area contributed by atoms with Gasteiger partial charge >= 0.3 is 0 Å². The lowest BCUT2D eigenvalue weighted by Gasteiger charge is -2.21. The van der Waals surface area contributed by atoms with Crippen molar-refractivity contribution in [3.05, 3.63) is 29.8 Å². The fourth-order valence-corrected chi connectivity index (χ4v) is 3.74. The first kappa shape index (κ1) is 19.9. The Labute approximate surface area is 143 Å². The summed E-state index contributed by atoms with van der Waals surface area (Å²) in [7, 11) is -3.65. The van der Waals surface area contributed by atoms with Crippen molar-refractivity contribution in [1.82, 2.24) is 10.0 Å². The van der Waals surface area contributed by atoms with Gasteiger partial charge in [-0.2, -0.15) is 0 Å². The zero-order valence-corrected chi connectivity index (χ0v) is 15.2. The molecule has 1 aromatic carbocycles. The molecule has 1 amide bonds. The molecule has 0 heterocycles. The van der Waals surface area contributed by atoms with Crippen LogP contribution in [0, 0.1) is 0 Å². The zero-order valence-electron chi connectivity index (χ0n) is 13.5. The predicted molar refractivity (Wildman–Crippen MR) is 91.8 cm³/mol. The van der Waals surface area contributed by atoms with E-state index in [4.69, 9.17) is 5.73 Å². The summed E-state index contributed by atoms with van der Waals surface area (Å²) in [5.74, 6) is -0.233. The molecule has 0 spiro atoms. The highest BCUT2D eigenvalue weighted by Gasteiger charge is 2.45. The van der Waals surface area contributed by atoms with Gasteiger partial charge in [0.2, 0.25) is 15.9 Å². The highest BCUT2D eigenvalue weighted by Crippen LogP contribution is 2.32. The molecule has 1 aliphatic carbocycles. The molecule has 6 nitrogen and oxygen atoms in total. The molecule has 23 heavy (non-hydrogen) atoms. The number of rotatable bonds is 5. The summed E-state index contributed by atoms with van der Waals surface area (Å²) < 4.78 is 27.6. The average Bonchev–Trinajstić information content (AvgIpc) is 3.13. The Balaban J connectivity index is 0.00000264. The molecule has 1 saturated carbocycles. The van der Waals surface area contributed by atoms with Gasteiger partial charge in [0.1, 0.15) is 0 Å². The predicted octanol–water partition coefficient (Wildman–Crippen LogP) is 1.29. The minimum absolute atomic E-state index is 0. The lowest BCUT2D eigenvalue weighted by Crippen LogP contribution is -2.43. The molecule has 0 radical (unpaired) electrons. The van der Waals surface area contributed by atoms with Crippen LogP contribution in [0.15, 0.2) is 29.2 Å². The van der Waals surface area contributed by atoms with E-state index >= 15 is 0 Å². The average molecular weight is 362 g/mol. The maximum atomic E-state index is 12.5. The van der Waals surface area contributed by atoms with E-state index in [-0.39, 0.29) is 29.8 Å². The summed E-state index contributed by atoms with van der Waals surface area (Å²) in [4.78, 5) is 12.1. The van der Waals surface area contributed by atoms with Crippen LogP contribution in [0.2, 0.25) is 0 Å². The number of hydrogen-bond donors (Lipinski definition) is 3. The van der Waals surface area contributed by atoms with Gasteiger partial charge in [-0.3, -0.25) is 4.79 Å². The lowest BCUT2D eigenvalue weighted by atomic mass is 10.1. The van der Waals surface area contributed by atoms with Crippen LogP contribution in [-0.4, -0.2) is 25.4 Å². The van der Waals surface area contributed by atoms with Crippen LogP contribution in [0.4, 0.5) is 0 Å². The third-order valence-corrected chi connectivity index (χ3v) is 5.24. The van der Waals surface area contributed by atoms with Crippen LogP contribution >= 0.6 is 12.4 Å². The topological polar surface area (TPSA) is 101 Å². The first-order valence-corrected chi connectivity index (χ1v) is 8.71. The van der Waals surface area contributed by atoms with Crippen LogP contribution in [0.25, 0.3) is 0 Å². The number of carbonyl (C=O) groups is 1. The van der Waals surface area contributed by atoms with Crippen LogP contribution in [-0.2, 0) is 21.4 Å². The minimum atomic E-state index is -3.65. The molecule has 1 fully saturated rings. The van der Waals surface area contributed by atoms with Gasteiger partial charge in [-0.25, -0.2) is 13.1 Å². The second-order valence-electron chi connectivity index (χ2n) is 6.80. The number of sulfonamides is 1. The zero-order chi connectivity index (χ0) is 16.6. The molecular formula is C15H24ClN3O3S. The summed E-state index contributed by atoms with van der Waals surface area (Å²) in [5, 5.41) is 2.72. The summed E-state index contributed by atoms with van der Waals surface area (Å²) in [5.41, 5.74) is 5.01. The molecule has 0 aromatic heterocycles. The second-order valence-corrected chi connectivity index (χ2v) is 8.45. The Morgan fingerprint density at radius 2 is 1.83 bits per heavy atom. The molecular weight excluding hydrogens is 338 g/mol. The molecule has 1 aromatic rings. The Hall–Kier alpha value is -1.15. The van der Waals surface area contributed by atoms with Gasteiger partial charge in [-0.05, 0) is 45.2 Å². The van der Waals surface area contributed by atoms with Crippen molar-refractivity contribution in [2.75, 3.05) is 0 Å². The Morgan fingerprint density at radius 1 is 1.26 bits per heavy atom. The molecule has 0 aliphatic heterocycles. The number of carbonyl (C=O) groups excluding carboxylic acids is 1. The van der Waals surface area contributed by atoms with Gasteiger partial charge in [-0.1, -0.05) is 18.2 Å². The van der Waals surface area contributed by atoms with Crippen molar-refractivity contribution in [1.29, 1.82) is 0 Å². The van der Waals surface area contributed by atoms with Gasteiger partial charge in [-0.15, -0.1) is 12.4 Å². The number of benzene rings is 1. The third kappa shape index (κ3) is 5.17. The van der Waals surface area contributed by atoms with Gasteiger partial charge in [0.15, 0.2) is 0 Å². The molecule has 2 rings (SSSR count). The van der Waals surface area contributed by atoms with E-state index in [0.717, 1.165) is 0 Å². The normalized spacial score (nSPS) is 16.3. The van der Waals surface area contributed by atoms with E-state index in [1.165, 1.54) is 6.07 Å². The van der Waals surface area contributed by atoms with Crippen molar-refractivity contribution >= 4 is 28.3 Å². The molecule has 1 aliphatic rings. The summed E-state index contributed by atoms with van der Waals surface area (Å²) in [6.45, 7) is 5.47. The lowest BCUT2D eigenvalue weighted by molar-refractivity contribution is -0.123. The van der Waals surface area contributed by atoms with E-state index in [1.54, 1.807) is 39.0 Å². The second kappa shape index (κ2) is 6.76. The van der Waals surface area contributed by atoms with Crippen molar-refractivity contribution in [3.8, 4) is 0 Å². The monoisotopic (exact) mass is 361 g/mol. The summed E-state index contributed by atoms with van der Waals surface area (Å²) in [6.07, 6.45) is 1.34. The Bertz CT molecular complexity index is 679. The van der Waals surface area contributed by atoms with Crippen LogP contribution in [0.5, 0.6) is 0 Å². The highest BCUT2D eigenvalue weighted by molar-refractivity contribution is 7.89. The van der Waals surface area contributed by atoms with Gasteiger partial charge in [0.05, 0.1) is 10.4 Å². The molecule has 4 N–H and O–H groups in total. The van der Waals surface area contributed by atoms with Gasteiger partial charge in [0, 0.05) is 12.1 Å². The van der Waals surface area contributed by atoms with Crippen molar-refractivity contribution in [3.63, 3.8) is 0 Å². The van der Waals surface area contributed by atoms with Crippen molar-refractivity contribution in [2.45, 2.75) is 56.1 Å². The number of halogens is 1. The third-order valence-electron chi connectivity index (χ3n) is 3.38. The minimum Gasteiger partial charge on any atom is -0.350 e. The fourth-order valence-electron chi connectivity index (χ4n) is 2.08. The maximum absolute atomic E-state index is 12.5. The van der Waals surface area contributed by atoms with E-state index < -0.39 is 21.1 Å². The summed E-state index contributed by atoms with van der Waals surface area (Å²) in [6, 6.07) is 6.62. The SMILES string of the molecule is CC(C)(C)NS(=O)(=O)c1ccccc1CNC(=O)C1(N)CC1.Cl. The Morgan fingerprint density at radius 3 is 2.35 bits per heavy atom. The largest absolute Gasteiger partial charge is 0.350 e. The van der Waals surface area contributed by atoms with E-state index in [9.17, 15) is 13.2 Å². The molecule has 130 valence electrons. The highest BCUT2D eigenvalue weighted by atomic mass is 35.5. The number of nitrogens with one attached hydrogen (secondary N) is 2. The molecule has 0 unspecified atom stereocenters. The first-order chi connectivity index (χ1) is 10.0. The standard InChI is InChI=1S/C15H23N3O3S.ClH/c1-14(2,3)18-22(20,21)12-7-5-4-6-11(12)10-17-13(19)15(16)8-9-15;/h4-7,18H,8-10,16H2,1-3H3,(H,17,19);1H. The number of nitrogens with two attached hydrogens (primary N) is 1. The smallest absolute Gasteiger partial charge is 0.241 e. The molecule has 0 atom stereocenters. The van der Waals surface area contributed by atoms with Crippen LogP contribution in [0.3, 0.4) is 0 Å². The van der Waals surface area contributed by atoms with E-state index in [1.807, 2.05) is 0 Å².